The molecule has 0 radical (unpaired) electrons. The highest BCUT2D eigenvalue weighted by Crippen LogP contribution is 2.20. The topological polar surface area (TPSA) is 52.6 Å². The van der Waals surface area contributed by atoms with Crippen LogP contribution in [0.25, 0.3) is 6.08 Å². The van der Waals surface area contributed by atoms with Gasteiger partial charge in [0.1, 0.15) is 0 Å². The Hall–Kier alpha value is -2.88. The Morgan fingerprint density at radius 2 is 1.48 bits per heavy atom. The summed E-state index contributed by atoms with van der Waals surface area (Å²) < 4.78 is 10.5. The maximum absolute atomic E-state index is 11.4. The molecule has 0 aromatic heterocycles. The van der Waals surface area contributed by atoms with Gasteiger partial charge in [-0.15, -0.1) is 0 Å². The van der Waals surface area contributed by atoms with Crippen molar-refractivity contribution in [1.29, 1.82) is 0 Å². The van der Waals surface area contributed by atoms with E-state index in [1.165, 1.54) is 13.8 Å². The molecule has 0 heterocycles. The molecule has 0 saturated carbocycles. The zero-order chi connectivity index (χ0) is 18.2. The minimum atomic E-state index is -1.04. The van der Waals surface area contributed by atoms with Crippen molar-refractivity contribution in [2.45, 2.75) is 33.5 Å². The van der Waals surface area contributed by atoms with Crippen LogP contribution in [-0.2, 0) is 25.5 Å². The molecule has 0 aliphatic carbocycles. The number of aryl methyl sites for hydroxylation is 1. The van der Waals surface area contributed by atoms with Gasteiger partial charge in [0, 0.05) is 25.8 Å². The van der Waals surface area contributed by atoms with Gasteiger partial charge in [-0.1, -0.05) is 60.2 Å². The van der Waals surface area contributed by atoms with Gasteiger partial charge in [0.25, 0.3) is 6.29 Å². The third kappa shape index (κ3) is 6.26. The Morgan fingerprint density at radius 1 is 0.920 bits per heavy atom. The summed E-state index contributed by atoms with van der Waals surface area (Å²) in [6.45, 7) is 4.60. The second-order valence-electron chi connectivity index (χ2n) is 5.84. The monoisotopic (exact) mass is 338 g/mol. The van der Waals surface area contributed by atoms with Gasteiger partial charge in [-0.25, -0.2) is 0 Å². The molecule has 4 heteroatoms. The van der Waals surface area contributed by atoms with E-state index >= 15 is 0 Å². The van der Waals surface area contributed by atoms with Crippen LogP contribution in [0.3, 0.4) is 0 Å². The maximum atomic E-state index is 11.4. The Balaban J connectivity index is 2.39. The highest BCUT2D eigenvalue weighted by Gasteiger charge is 2.21. The predicted molar refractivity (Wildman–Crippen MR) is 96.6 cm³/mol. The van der Waals surface area contributed by atoms with Crippen molar-refractivity contribution in [3.63, 3.8) is 0 Å². The predicted octanol–water partition coefficient (Wildman–Crippen LogP) is 4.07. The highest BCUT2D eigenvalue weighted by atomic mass is 16.7. The van der Waals surface area contributed by atoms with E-state index in [4.69, 9.17) is 9.47 Å². The fourth-order valence-electron chi connectivity index (χ4n) is 2.39. The second-order valence-corrected chi connectivity index (χ2v) is 5.84. The van der Waals surface area contributed by atoms with Gasteiger partial charge in [-0.05, 0) is 24.1 Å². The molecule has 0 aliphatic rings. The summed E-state index contributed by atoms with van der Waals surface area (Å²) >= 11 is 0. The Bertz CT molecular complexity index is 729. The van der Waals surface area contributed by atoms with Crippen LogP contribution in [0.1, 0.15) is 30.5 Å². The van der Waals surface area contributed by atoms with Crippen molar-refractivity contribution in [2.75, 3.05) is 0 Å². The first-order valence-corrected chi connectivity index (χ1v) is 8.09. The number of benzene rings is 2. The van der Waals surface area contributed by atoms with E-state index in [2.05, 4.69) is 0 Å². The van der Waals surface area contributed by atoms with Crippen LogP contribution in [0.2, 0.25) is 0 Å². The first-order valence-electron chi connectivity index (χ1n) is 8.09. The molecule has 0 spiro atoms. The van der Waals surface area contributed by atoms with E-state index in [-0.39, 0.29) is 0 Å². The largest absolute Gasteiger partial charge is 0.421 e. The van der Waals surface area contributed by atoms with Crippen molar-refractivity contribution in [3.05, 3.63) is 76.9 Å². The second kappa shape index (κ2) is 8.83. The number of carbonyl (C=O) groups excluding carboxylic acids is 2. The van der Waals surface area contributed by atoms with E-state index in [1.54, 1.807) is 0 Å². The van der Waals surface area contributed by atoms with E-state index < -0.39 is 18.2 Å². The summed E-state index contributed by atoms with van der Waals surface area (Å²) in [5.74, 6) is -1.01. The molecule has 2 rings (SSSR count). The quantitative estimate of drug-likeness (QED) is 0.588. The van der Waals surface area contributed by atoms with Crippen molar-refractivity contribution in [3.8, 4) is 0 Å². The lowest BCUT2D eigenvalue weighted by molar-refractivity contribution is -0.178. The molecular formula is C21H22O4. The lowest BCUT2D eigenvalue weighted by Gasteiger charge is -2.20. The molecule has 4 nitrogen and oxygen atoms in total. The van der Waals surface area contributed by atoms with Gasteiger partial charge in [0.05, 0.1) is 0 Å². The standard InChI is InChI=1S/C21H22O4/c1-15-9-11-19(12-10-15)14-20(13-18-7-5-4-6-8-18)21(24-16(2)22)25-17(3)23/h4-12,14,21H,13H2,1-3H3/b20-14+. The van der Waals surface area contributed by atoms with Crippen molar-refractivity contribution >= 4 is 18.0 Å². The van der Waals surface area contributed by atoms with Gasteiger partial charge in [-0.3, -0.25) is 9.59 Å². The molecule has 0 saturated heterocycles. The normalized spacial score (nSPS) is 11.3. The van der Waals surface area contributed by atoms with Gasteiger partial charge in [-0.2, -0.15) is 0 Å². The number of carbonyl (C=O) groups is 2. The molecule has 0 N–H and O–H groups in total. The average molecular weight is 338 g/mol. The SMILES string of the molecule is CC(=O)OC(OC(C)=O)/C(=C/c1ccc(C)cc1)Cc1ccccc1. The number of hydrogen-bond donors (Lipinski definition) is 0. The third-order valence-corrected chi connectivity index (χ3v) is 3.53. The van der Waals surface area contributed by atoms with E-state index in [9.17, 15) is 9.59 Å². The van der Waals surface area contributed by atoms with Gasteiger partial charge in [0.15, 0.2) is 0 Å². The van der Waals surface area contributed by atoms with Crippen molar-refractivity contribution < 1.29 is 19.1 Å². The lowest BCUT2D eigenvalue weighted by Crippen LogP contribution is -2.25. The number of ether oxygens (including phenoxy) is 2. The Labute approximate surface area is 148 Å². The van der Waals surface area contributed by atoms with Crippen molar-refractivity contribution in [2.24, 2.45) is 0 Å². The summed E-state index contributed by atoms with van der Waals surface area (Å²) in [5.41, 5.74) is 3.82. The summed E-state index contributed by atoms with van der Waals surface area (Å²) in [7, 11) is 0. The summed E-state index contributed by atoms with van der Waals surface area (Å²) in [5, 5.41) is 0. The maximum Gasteiger partial charge on any atom is 0.305 e. The molecule has 0 aliphatic heterocycles. The van der Waals surface area contributed by atoms with Crippen LogP contribution < -0.4 is 0 Å². The van der Waals surface area contributed by atoms with Gasteiger partial charge < -0.3 is 9.47 Å². The van der Waals surface area contributed by atoms with Gasteiger partial charge >= 0.3 is 11.9 Å². The van der Waals surface area contributed by atoms with Crippen molar-refractivity contribution in [1.82, 2.24) is 0 Å². The van der Waals surface area contributed by atoms with Crippen LogP contribution in [0.15, 0.2) is 60.2 Å². The lowest BCUT2D eigenvalue weighted by atomic mass is 10.0. The molecule has 130 valence electrons. The molecule has 25 heavy (non-hydrogen) atoms. The van der Waals surface area contributed by atoms with E-state index in [0.29, 0.717) is 12.0 Å². The first-order chi connectivity index (χ1) is 11.9. The van der Waals surface area contributed by atoms with Crippen LogP contribution in [0.4, 0.5) is 0 Å². The molecule has 0 unspecified atom stereocenters. The zero-order valence-electron chi connectivity index (χ0n) is 14.7. The number of hydrogen-bond acceptors (Lipinski definition) is 4. The van der Waals surface area contributed by atoms with E-state index in [0.717, 1.165) is 16.7 Å². The number of esters is 2. The minimum absolute atomic E-state index is 0.500. The average Bonchev–Trinajstić information content (AvgIpc) is 2.56. The van der Waals surface area contributed by atoms with Crippen LogP contribution >= 0.6 is 0 Å². The summed E-state index contributed by atoms with van der Waals surface area (Å²) in [4.78, 5) is 22.9. The molecule has 0 atom stereocenters. The fourth-order valence-corrected chi connectivity index (χ4v) is 2.39. The smallest absolute Gasteiger partial charge is 0.305 e. The summed E-state index contributed by atoms with van der Waals surface area (Å²) in [6, 6.07) is 17.7. The van der Waals surface area contributed by atoms with Crippen LogP contribution in [0.5, 0.6) is 0 Å². The molecule has 2 aromatic rings. The third-order valence-electron chi connectivity index (χ3n) is 3.53. The number of rotatable bonds is 6. The Kier molecular flexibility index (Phi) is 6.52. The van der Waals surface area contributed by atoms with Gasteiger partial charge in [0.2, 0.25) is 0 Å². The highest BCUT2D eigenvalue weighted by molar-refractivity contribution is 5.69. The van der Waals surface area contributed by atoms with Crippen LogP contribution in [0, 0.1) is 6.92 Å². The molecule has 0 bridgehead atoms. The fraction of sp³-hybridized carbons (Fsp3) is 0.238. The molecular weight excluding hydrogens is 316 g/mol. The summed E-state index contributed by atoms with van der Waals surface area (Å²) in [6.07, 6.45) is 1.35. The molecule has 0 amide bonds. The molecule has 2 aromatic carbocycles. The Morgan fingerprint density at radius 3 is 2.00 bits per heavy atom. The first kappa shape index (κ1) is 18.5. The zero-order valence-corrected chi connectivity index (χ0v) is 14.7. The minimum Gasteiger partial charge on any atom is -0.421 e. The van der Waals surface area contributed by atoms with E-state index in [1.807, 2.05) is 67.6 Å². The van der Waals surface area contributed by atoms with Crippen LogP contribution in [-0.4, -0.2) is 18.2 Å². The molecule has 0 fully saturated rings.